The van der Waals surface area contributed by atoms with Crippen LogP contribution in [0.2, 0.25) is 0 Å². The first-order valence-electron chi connectivity index (χ1n) is 12.4. The Morgan fingerprint density at radius 1 is 0.875 bits per heavy atom. The Balaban J connectivity index is 1.37. The largest absolute Gasteiger partial charge is 0.489 e. The minimum absolute atomic E-state index is 0.194. The van der Waals surface area contributed by atoms with Crippen molar-refractivity contribution in [3.05, 3.63) is 60.2 Å². The number of hydrogen-bond donors (Lipinski definition) is 3. The van der Waals surface area contributed by atoms with Gasteiger partial charge in [0.25, 0.3) is 0 Å². The summed E-state index contributed by atoms with van der Waals surface area (Å²) in [5.41, 5.74) is 8.58. The van der Waals surface area contributed by atoms with E-state index in [1.165, 1.54) is 50.5 Å². The second-order valence-electron chi connectivity index (χ2n) is 9.32. The van der Waals surface area contributed by atoms with Gasteiger partial charge in [-0.15, -0.1) is 0 Å². The predicted molar refractivity (Wildman–Crippen MR) is 133 cm³/mol. The smallest absolute Gasteiger partial charge is 0.196 e. The van der Waals surface area contributed by atoms with Gasteiger partial charge in [-0.25, -0.2) is 0 Å². The van der Waals surface area contributed by atoms with Crippen LogP contribution in [0.15, 0.2) is 59.6 Å². The van der Waals surface area contributed by atoms with Gasteiger partial charge < -0.3 is 21.1 Å². The molecule has 0 heterocycles. The highest BCUT2D eigenvalue weighted by atomic mass is 16.5. The molecule has 2 aliphatic rings. The van der Waals surface area contributed by atoms with Gasteiger partial charge in [0.05, 0.1) is 0 Å². The van der Waals surface area contributed by atoms with Crippen LogP contribution in [0.3, 0.4) is 0 Å². The van der Waals surface area contributed by atoms with Gasteiger partial charge in [0.1, 0.15) is 12.4 Å². The summed E-state index contributed by atoms with van der Waals surface area (Å²) >= 11 is 0. The molecule has 4 rings (SSSR count). The summed E-state index contributed by atoms with van der Waals surface area (Å²) < 4.78 is 5.92. The summed E-state index contributed by atoms with van der Waals surface area (Å²) in [5, 5.41) is 7.15. The molecule has 5 heteroatoms. The van der Waals surface area contributed by atoms with E-state index in [0.29, 0.717) is 12.5 Å². The fourth-order valence-electron chi connectivity index (χ4n) is 4.74. The molecule has 2 aliphatic carbocycles. The fraction of sp³-hybridized carbons (Fsp3) is 0.519. The van der Waals surface area contributed by atoms with Crippen LogP contribution < -0.4 is 21.1 Å². The van der Waals surface area contributed by atoms with E-state index in [9.17, 15) is 0 Å². The van der Waals surface area contributed by atoms with Gasteiger partial charge in [-0.1, -0.05) is 62.4 Å². The third-order valence-electron chi connectivity index (χ3n) is 6.74. The second-order valence-corrected chi connectivity index (χ2v) is 9.32. The lowest BCUT2D eigenvalue weighted by Crippen LogP contribution is -2.51. The van der Waals surface area contributed by atoms with Crippen LogP contribution in [0, 0.1) is 5.92 Å². The molecule has 0 spiro atoms. The lowest BCUT2D eigenvalue weighted by Gasteiger charge is -2.31. The van der Waals surface area contributed by atoms with Crippen molar-refractivity contribution >= 4 is 11.6 Å². The average Bonchev–Trinajstić information content (AvgIpc) is 2.85. The van der Waals surface area contributed by atoms with Crippen molar-refractivity contribution < 1.29 is 4.74 Å². The first kappa shape index (κ1) is 22.7. The van der Waals surface area contributed by atoms with E-state index >= 15 is 0 Å². The number of rotatable bonds is 7. The van der Waals surface area contributed by atoms with Crippen LogP contribution in [0.1, 0.15) is 63.4 Å². The maximum Gasteiger partial charge on any atom is 0.196 e. The van der Waals surface area contributed by atoms with Crippen LogP contribution in [-0.4, -0.2) is 24.6 Å². The van der Waals surface area contributed by atoms with Gasteiger partial charge in [0.2, 0.25) is 0 Å². The lowest BCUT2D eigenvalue weighted by molar-refractivity contribution is 0.306. The van der Waals surface area contributed by atoms with E-state index in [1.54, 1.807) is 0 Å². The second kappa shape index (κ2) is 11.9. The van der Waals surface area contributed by atoms with Crippen molar-refractivity contribution in [2.45, 2.75) is 76.5 Å². The molecule has 0 aromatic heterocycles. The molecule has 2 atom stereocenters. The van der Waals surface area contributed by atoms with E-state index in [4.69, 9.17) is 15.5 Å². The summed E-state index contributed by atoms with van der Waals surface area (Å²) in [6.07, 6.45) is 11.3. The zero-order valence-corrected chi connectivity index (χ0v) is 19.1. The van der Waals surface area contributed by atoms with E-state index in [1.807, 2.05) is 30.3 Å². The molecule has 0 bridgehead atoms. The Morgan fingerprint density at radius 2 is 1.59 bits per heavy atom. The molecule has 4 N–H and O–H groups in total. The number of hydrogen-bond acceptors (Lipinski definition) is 3. The lowest BCUT2D eigenvalue weighted by atomic mass is 9.89. The molecule has 2 aromatic carbocycles. The molecular formula is C27H38N4O. The first-order valence-corrected chi connectivity index (χ1v) is 12.4. The van der Waals surface area contributed by atoms with Gasteiger partial charge in [-0.2, -0.15) is 0 Å². The van der Waals surface area contributed by atoms with Gasteiger partial charge in [-0.3, -0.25) is 4.99 Å². The van der Waals surface area contributed by atoms with Crippen molar-refractivity contribution in [2.75, 3.05) is 11.9 Å². The zero-order chi connectivity index (χ0) is 22.0. The maximum absolute atomic E-state index is 6.40. The SMILES string of the molecule is N[C@H]1CCCC[C@@H]1NC(=NCC1CCCCC1)Nc1ccc(OCc2ccccc2)cc1. The van der Waals surface area contributed by atoms with Gasteiger partial charge in [-0.05, 0) is 61.4 Å². The standard InChI is InChI=1S/C27H38N4O/c28-25-13-7-8-14-26(25)31-27(29-19-21-9-3-1-4-10-21)30-23-15-17-24(18-16-23)32-20-22-11-5-2-6-12-22/h2,5-6,11-12,15-18,21,25-26H,1,3-4,7-10,13-14,19-20,28H2,(H2,29,30,31)/t25-,26-/m0/s1. The molecule has 2 fully saturated rings. The van der Waals surface area contributed by atoms with Crippen molar-refractivity contribution in [3.8, 4) is 5.75 Å². The number of aliphatic imine (C=N–C) groups is 1. The Labute approximate surface area is 192 Å². The average molecular weight is 435 g/mol. The molecule has 2 aromatic rings. The highest BCUT2D eigenvalue weighted by molar-refractivity contribution is 5.94. The summed E-state index contributed by atoms with van der Waals surface area (Å²) in [7, 11) is 0. The predicted octanol–water partition coefficient (Wildman–Crippen LogP) is 5.47. The molecule has 0 radical (unpaired) electrons. The summed E-state index contributed by atoms with van der Waals surface area (Å²) in [6.45, 7) is 1.46. The molecule has 5 nitrogen and oxygen atoms in total. The zero-order valence-electron chi connectivity index (χ0n) is 19.1. The Morgan fingerprint density at radius 3 is 2.34 bits per heavy atom. The summed E-state index contributed by atoms with van der Waals surface area (Å²) in [6, 6.07) is 18.8. The Kier molecular flexibility index (Phi) is 8.43. The molecule has 0 amide bonds. The van der Waals surface area contributed by atoms with Crippen LogP contribution in [0.25, 0.3) is 0 Å². The van der Waals surface area contributed by atoms with Crippen LogP contribution in [0.4, 0.5) is 5.69 Å². The van der Waals surface area contributed by atoms with Crippen LogP contribution in [0.5, 0.6) is 5.75 Å². The minimum Gasteiger partial charge on any atom is -0.489 e. The third-order valence-corrected chi connectivity index (χ3v) is 6.74. The molecule has 172 valence electrons. The highest BCUT2D eigenvalue weighted by Gasteiger charge is 2.23. The fourth-order valence-corrected chi connectivity index (χ4v) is 4.74. The minimum atomic E-state index is 0.194. The van der Waals surface area contributed by atoms with Gasteiger partial charge in [0, 0.05) is 24.3 Å². The van der Waals surface area contributed by atoms with Crippen molar-refractivity contribution in [3.63, 3.8) is 0 Å². The first-order chi connectivity index (χ1) is 15.8. The Hall–Kier alpha value is -2.53. The number of guanidine groups is 1. The molecule has 32 heavy (non-hydrogen) atoms. The third kappa shape index (κ3) is 6.99. The van der Waals surface area contributed by atoms with Crippen LogP contribution >= 0.6 is 0 Å². The van der Waals surface area contributed by atoms with E-state index in [2.05, 4.69) is 34.9 Å². The van der Waals surface area contributed by atoms with E-state index in [0.717, 1.165) is 36.8 Å². The number of nitrogens with zero attached hydrogens (tertiary/aromatic N) is 1. The molecule has 0 aliphatic heterocycles. The number of nitrogens with two attached hydrogens (primary N) is 1. The van der Waals surface area contributed by atoms with Crippen molar-refractivity contribution in [1.82, 2.24) is 5.32 Å². The quantitative estimate of drug-likeness (QED) is 0.399. The van der Waals surface area contributed by atoms with Gasteiger partial charge >= 0.3 is 0 Å². The number of nitrogens with one attached hydrogen (secondary N) is 2. The van der Waals surface area contributed by atoms with Gasteiger partial charge in [0.15, 0.2) is 5.96 Å². The maximum atomic E-state index is 6.40. The molecular weight excluding hydrogens is 396 g/mol. The molecule has 2 saturated carbocycles. The normalized spacial score (nSPS) is 22.3. The number of ether oxygens (including phenoxy) is 1. The topological polar surface area (TPSA) is 71.7 Å². The van der Waals surface area contributed by atoms with Crippen LogP contribution in [-0.2, 0) is 6.61 Å². The van der Waals surface area contributed by atoms with E-state index in [-0.39, 0.29) is 12.1 Å². The monoisotopic (exact) mass is 434 g/mol. The molecule has 0 saturated heterocycles. The van der Waals surface area contributed by atoms with E-state index < -0.39 is 0 Å². The summed E-state index contributed by atoms with van der Waals surface area (Å²) in [4.78, 5) is 4.98. The number of benzene rings is 2. The van der Waals surface area contributed by atoms with Crippen molar-refractivity contribution in [2.24, 2.45) is 16.6 Å². The molecule has 0 unspecified atom stereocenters. The number of anilines is 1. The summed E-state index contributed by atoms with van der Waals surface area (Å²) in [5.74, 6) is 2.43. The van der Waals surface area contributed by atoms with Crippen molar-refractivity contribution in [1.29, 1.82) is 0 Å². The Bertz CT molecular complexity index is 830. The highest BCUT2D eigenvalue weighted by Crippen LogP contribution is 2.24.